The number of allylic oxidation sites excluding steroid dienone is 2. The fraction of sp³-hybridized carbons (Fsp3) is 0.667. The predicted molar refractivity (Wildman–Crippen MR) is 43.4 cm³/mol. The third kappa shape index (κ3) is 2.85. The van der Waals surface area contributed by atoms with Crippen molar-refractivity contribution in [3.8, 4) is 0 Å². The summed E-state index contributed by atoms with van der Waals surface area (Å²) in [6, 6.07) is 0. The second-order valence-electron chi connectivity index (χ2n) is 2.76. The molecule has 0 aromatic heterocycles. The number of hydrogen-bond donors (Lipinski definition) is 0. The fourth-order valence-electron chi connectivity index (χ4n) is 1.20. The summed E-state index contributed by atoms with van der Waals surface area (Å²) in [7, 11) is 0. The normalized spacial score (nSPS) is 29.2. The van der Waals surface area contributed by atoms with E-state index in [4.69, 9.17) is 4.74 Å². The van der Waals surface area contributed by atoms with Gasteiger partial charge in [-0.2, -0.15) is 0 Å². The molecule has 62 valence electrons. The van der Waals surface area contributed by atoms with Crippen molar-refractivity contribution in [2.45, 2.75) is 38.4 Å². The number of carbonyl (C=O) groups is 1. The zero-order chi connectivity index (χ0) is 8.10. The molecule has 0 amide bonds. The maximum atomic E-state index is 9.87. The van der Waals surface area contributed by atoms with E-state index in [9.17, 15) is 4.79 Å². The van der Waals surface area contributed by atoms with Gasteiger partial charge in [0.15, 0.2) is 0 Å². The monoisotopic (exact) mass is 154 g/mol. The molecule has 1 aliphatic rings. The van der Waals surface area contributed by atoms with E-state index in [2.05, 4.69) is 6.92 Å². The van der Waals surface area contributed by atoms with Crippen molar-refractivity contribution < 1.29 is 9.53 Å². The van der Waals surface area contributed by atoms with Crippen LogP contribution in [0.4, 0.5) is 0 Å². The second-order valence-corrected chi connectivity index (χ2v) is 2.76. The summed E-state index contributed by atoms with van der Waals surface area (Å²) in [4.78, 5) is 9.87. The van der Waals surface area contributed by atoms with Crippen molar-refractivity contribution in [1.82, 2.24) is 0 Å². The molecular weight excluding hydrogens is 140 g/mol. The average Bonchev–Trinajstić information content (AvgIpc) is 2.77. The van der Waals surface area contributed by atoms with Crippen LogP contribution in [0.25, 0.3) is 0 Å². The van der Waals surface area contributed by atoms with Crippen molar-refractivity contribution in [2.24, 2.45) is 0 Å². The van der Waals surface area contributed by atoms with E-state index in [1.54, 1.807) is 6.08 Å². The maximum absolute atomic E-state index is 9.87. The summed E-state index contributed by atoms with van der Waals surface area (Å²) in [5, 5.41) is 0. The molecule has 0 radical (unpaired) electrons. The van der Waals surface area contributed by atoms with E-state index in [0.29, 0.717) is 12.2 Å². The molecule has 2 heteroatoms. The number of hydrogen-bond acceptors (Lipinski definition) is 2. The summed E-state index contributed by atoms with van der Waals surface area (Å²) < 4.78 is 5.32. The Morgan fingerprint density at radius 1 is 1.45 bits per heavy atom. The highest BCUT2D eigenvalue weighted by Crippen LogP contribution is 2.28. The Kier molecular flexibility index (Phi) is 3.30. The topological polar surface area (TPSA) is 29.6 Å². The van der Waals surface area contributed by atoms with Crippen LogP contribution in [-0.2, 0) is 9.53 Å². The molecule has 1 rings (SSSR count). The molecule has 0 bridgehead atoms. The largest absolute Gasteiger partial charge is 0.370 e. The van der Waals surface area contributed by atoms with Gasteiger partial charge in [0.05, 0.1) is 12.2 Å². The third-order valence-corrected chi connectivity index (χ3v) is 1.92. The maximum Gasteiger partial charge on any atom is 0.142 e. The third-order valence-electron chi connectivity index (χ3n) is 1.92. The van der Waals surface area contributed by atoms with Gasteiger partial charge in [0.25, 0.3) is 0 Å². The Labute approximate surface area is 67.2 Å². The molecule has 0 aromatic carbocycles. The minimum atomic E-state index is 0.469. The van der Waals surface area contributed by atoms with Crippen LogP contribution in [0.15, 0.2) is 12.2 Å². The minimum Gasteiger partial charge on any atom is -0.370 e. The molecule has 0 aromatic rings. The van der Waals surface area contributed by atoms with Gasteiger partial charge in [0, 0.05) is 0 Å². The molecule has 0 unspecified atom stereocenters. The zero-order valence-electron chi connectivity index (χ0n) is 6.82. The van der Waals surface area contributed by atoms with E-state index in [1.807, 2.05) is 6.08 Å². The van der Waals surface area contributed by atoms with Crippen LogP contribution in [0.1, 0.15) is 26.2 Å². The van der Waals surface area contributed by atoms with E-state index in [-0.39, 0.29) is 0 Å². The summed E-state index contributed by atoms with van der Waals surface area (Å²) in [5.74, 6) is 0. The lowest BCUT2D eigenvalue weighted by Gasteiger charge is -1.86. The highest BCUT2D eigenvalue weighted by Gasteiger charge is 2.35. The first-order chi connectivity index (χ1) is 5.38. The van der Waals surface area contributed by atoms with E-state index in [1.165, 1.54) is 0 Å². The molecule has 1 aliphatic heterocycles. The van der Waals surface area contributed by atoms with Gasteiger partial charge in [0.1, 0.15) is 6.29 Å². The Bertz CT molecular complexity index is 152. The zero-order valence-corrected chi connectivity index (χ0v) is 6.82. The molecule has 2 atom stereocenters. The van der Waals surface area contributed by atoms with Crippen LogP contribution in [0.3, 0.4) is 0 Å². The smallest absolute Gasteiger partial charge is 0.142 e. The highest BCUT2D eigenvalue weighted by atomic mass is 16.6. The molecule has 0 spiro atoms. The van der Waals surface area contributed by atoms with Crippen LogP contribution >= 0.6 is 0 Å². The van der Waals surface area contributed by atoms with Crippen molar-refractivity contribution >= 4 is 6.29 Å². The summed E-state index contributed by atoms with van der Waals surface area (Å²) in [6.45, 7) is 2.13. The van der Waals surface area contributed by atoms with Gasteiger partial charge >= 0.3 is 0 Å². The molecule has 1 heterocycles. The van der Waals surface area contributed by atoms with Gasteiger partial charge in [-0.25, -0.2) is 0 Å². The van der Waals surface area contributed by atoms with Crippen molar-refractivity contribution in [1.29, 1.82) is 0 Å². The van der Waals surface area contributed by atoms with Crippen LogP contribution < -0.4 is 0 Å². The van der Waals surface area contributed by atoms with Crippen LogP contribution in [-0.4, -0.2) is 18.5 Å². The molecular formula is C9H14O2. The number of aldehydes is 1. The molecule has 2 nitrogen and oxygen atoms in total. The van der Waals surface area contributed by atoms with Gasteiger partial charge in [-0.15, -0.1) is 0 Å². The minimum absolute atomic E-state index is 0.469. The van der Waals surface area contributed by atoms with Crippen LogP contribution in [0.2, 0.25) is 0 Å². The first kappa shape index (κ1) is 8.47. The number of rotatable bonds is 5. The lowest BCUT2D eigenvalue weighted by Crippen LogP contribution is -1.90. The Morgan fingerprint density at radius 2 is 2.27 bits per heavy atom. The molecule has 0 saturated carbocycles. The molecule has 0 aliphatic carbocycles. The van der Waals surface area contributed by atoms with Crippen molar-refractivity contribution in [2.75, 3.05) is 0 Å². The molecule has 1 fully saturated rings. The predicted octanol–water partition coefficient (Wildman–Crippen LogP) is 1.70. The average molecular weight is 154 g/mol. The Morgan fingerprint density at radius 3 is 2.82 bits per heavy atom. The van der Waals surface area contributed by atoms with Gasteiger partial charge in [-0.3, -0.25) is 4.79 Å². The van der Waals surface area contributed by atoms with Gasteiger partial charge in [0.2, 0.25) is 0 Å². The van der Waals surface area contributed by atoms with Gasteiger partial charge in [-0.05, 0) is 25.3 Å². The SMILES string of the molecule is CC[C@@H]1O[C@H]1CC/C=C/C=O. The van der Waals surface area contributed by atoms with E-state index < -0.39 is 0 Å². The van der Waals surface area contributed by atoms with Gasteiger partial charge < -0.3 is 4.74 Å². The van der Waals surface area contributed by atoms with Gasteiger partial charge in [-0.1, -0.05) is 13.0 Å². The number of ether oxygens (including phenoxy) is 1. The lowest BCUT2D eigenvalue weighted by atomic mass is 10.1. The first-order valence-corrected chi connectivity index (χ1v) is 4.14. The Hall–Kier alpha value is -0.630. The molecule has 0 N–H and O–H groups in total. The summed E-state index contributed by atoms with van der Waals surface area (Å²) >= 11 is 0. The van der Waals surface area contributed by atoms with Crippen molar-refractivity contribution in [3.05, 3.63) is 12.2 Å². The summed E-state index contributed by atoms with van der Waals surface area (Å²) in [5.41, 5.74) is 0. The van der Waals surface area contributed by atoms with Crippen LogP contribution in [0, 0.1) is 0 Å². The Balaban J connectivity index is 1.97. The molecule has 11 heavy (non-hydrogen) atoms. The first-order valence-electron chi connectivity index (χ1n) is 4.14. The standard InChI is InChI=1S/C9H14O2/c1-2-8-9(11-8)6-4-3-5-7-10/h3,5,7-9H,2,4,6H2,1H3/b5-3+/t8-,9-/m0/s1. The number of epoxide rings is 1. The quantitative estimate of drug-likeness (QED) is 0.342. The lowest BCUT2D eigenvalue weighted by molar-refractivity contribution is -0.104. The summed E-state index contributed by atoms with van der Waals surface area (Å²) in [6.07, 6.45) is 8.34. The number of carbonyl (C=O) groups excluding carboxylic acids is 1. The molecule has 1 saturated heterocycles. The van der Waals surface area contributed by atoms with E-state index in [0.717, 1.165) is 25.5 Å². The van der Waals surface area contributed by atoms with Crippen LogP contribution in [0.5, 0.6) is 0 Å². The highest BCUT2D eigenvalue weighted by molar-refractivity contribution is 5.64. The van der Waals surface area contributed by atoms with E-state index >= 15 is 0 Å². The fourth-order valence-corrected chi connectivity index (χ4v) is 1.20. The second kappa shape index (κ2) is 4.29. The van der Waals surface area contributed by atoms with Crippen molar-refractivity contribution in [3.63, 3.8) is 0 Å².